The molecule has 0 aliphatic rings. The summed E-state index contributed by atoms with van der Waals surface area (Å²) in [5.41, 5.74) is 3.58. The number of ether oxygens (including phenoxy) is 2. The maximum absolute atomic E-state index is 5.92. The summed E-state index contributed by atoms with van der Waals surface area (Å²) in [6.45, 7) is 0.448. The molecule has 3 rings (SSSR count). The Balaban J connectivity index is 1.81. The van der Waals surface area contributed by atoms with Gasteiger partial charge in [0.15, 0.2) is 11.5 Å². The van der Waals surface area contributed by atoms with Crippen molar-refractivity contribution in [3.8, 4) is 11.5 Å². The van der Waals surface area contributed by atoms with E-state index in [1.54, 1.807) is 26.6 Å². The number of hydrogen-bond acceptors (Lipinski definition) is 5. The summed E-state index contributed by atoms with van der Waals surface area (Å²) in [6, 6.07) is 17.1. The summed E-state index contributed by atoms with van der Waals surface area (Å²) in [5, 5.41) is 5.11. The Morgan fingerprint density at radius 3 is 2.29 bits per heavy atom. The average molecular weight is 397 g/mol. The lowest BCUT2D eigenvalue weighted by Gasteiger charge is -2.11. The number of benzene rings is 2. The molecule has 1 aromatic heterocycles. The van der Waals surface area contributed by atoms with E-state index in [4.69, 9.17) is 25.9 Å². The highest BCUT2D eigenvalue weighted by Gasteiger charge is 2.12. The number of pyridine rings is 1. The van der Waals surface area contributed by atoms with Crippen LogP contribution >= 0.6 is 11.6 Å². The first-order valence-electron chi connectivity index (χ1n) is 8.78. The Kier molecular flexibility index (Phi) is 6.87. The number of nitrogens with zero attached hydrogens (tertiary/aromatic N) is 2. The Bertz CT molecular complexity index is 928. The van der Waals surface area contributed by atoms with Crippen LogP contribution in [0.15, 0.2) is 72.1 Å². The Labute approximate surface area is 169 Å². The normalized spacial score (nSPS) is 11.2. The van der Waals surface area contributed by atoms with Crippen LogP contribution < -0.4 is 9.47 Å². The highest BCUT2D eigenvalue weighted by atomic mass is 35.5. The van der Waals surface area contributed by atoms with E-state index in [0.29, 0.717) is 23.8 Å². The maximum Gasteiger partial charge on any atom is 0.161 e. The Hall–Kier alpha value is -3.05. The monoisotopic (exact) mass is 396 g/mol. The molecule has 28 heavy (non-hydrogen) atoms. The van der Waals surface area contributed by atoms with Crippen molar-refractivity contribution in [2.75, 3.05) is 20.8 Å². The molecule has 0 saturated heterocycles. The van der Waals surface area contributed by atoms with Crippen molar-refractivity contribution in [1.29, 1.82) is 0 Å². The van der Waals surface area contributed by atoms with Crippen molar-refractivity contribution in [3.05, 3.63) is 88.7 Å². The minimum absolute atomic E-state index is 0.448. The van der Waals surface area contributed by atoms with E-state index >= 15 is 0 Å². The summed E-state index contributed by atoms with van der Waals surface area (Å²) >= 11 is 5.92. The van der Waals surface area contributed by atoms with Gasteiger partial charge in [-0.2, -0.15) is 0 Å². The first-order valence-corrected chi connectivity index (χ1v) is 9.16. The van der Waals surface area contributed by atoms with E-state index in [-0.39, 0.29) is 0 Å². The molecule has 2 aromatic carbocycles. The van der Waals surface area contributed by atoms with Gasteiger partial charge in [-0.05, 0) is 48.0 Å². The van der Waals surface area contributed by atoms with Crippen molar-refractivity contribution in [2.24, 2.45) is 5.16 Å². The second kappa shape index (κ2) is 9.76. The van der Waals surface area contributed by atoms with Gasteiger partial charge >= 0.3 is 0 Å². The molecule has 6 heteroatoms. The fraction of sp³-hybridized carbons (Fsp3) is 0.182. The van der Waals surface area contributed by atoms with Gasteiger partial charge in [0.1, 0.15) is 12.3 Å². The van der Waals surface area contributed by atoms with Gasteiger partial charge in [0, 0.05) is 35.0 Å². The summed E-state index contributed by atoms with van der Waals surface area (Å²) in [6.07, 6.45) is 4.18. The molecule has 3 aromatic rings. The maximum atomic E-state index is 5.92. The molecule has 0 fully saturated rings. The van der Waals surface area contributed by atoms with Gasteiger partial charge < -0.3 is 14.3 Å². The molecular formula is C22H21ClN2O3. The predicted molar refractivity (Wildman–Crippen MR) is 111 cm³/mol. The molecule has 0 amide bonds. The van der Waals surface area contributed by atoms with Crippen LogP contribution in [0.4, 0.5) is 0 Å². The van der Waals surface area contributed by atoms with Crippen LogP contribution in [0.2, 0.25) is 5.02 Å². The summed E-state index contributed by atoms with van der Waals surface area (Å²) in [4.78, 5) is 9.71. The van der Waals surface area contributed by atoms with Crippen LogP contribution in [0.5, 0.6) is 11.5 Å². The molecule has 0 N–H and O–H groups in total. The van der Waals surface area contributed by atoms with Gasteiger partial charge in [-0.25, -0.2) is 0 Å². The van der Waals surface area contributed by atoms with Crippen LogP contribution in [0.1, 0.15) is 16.7 Å². The average Bonchev–Trinajstić information content (AvgIpc) is 2.75. The fourth-order valence-electron chi connectivity index (χ4n) is 2.69. The van der Waals surface area contributed by atoms with Crippen LogP contribution in [0.25, 0.3) is 0 Å². The van der Waals surface area contributed by atoms with Crippen LogP contribution in [0, 0.1) is 0 Å². The van der Waals surface area contributed by atoms with Crippen molar-refractivity contribution in [1.82, 2.24) is 4.98 Å². The van der Waals surface area contributed by atoms with E-state index in [0.717, 1.165) is 28.1 Å². The third-order valence-corrected chi connectivity index (χ3v) is 4.41. The number of halogens is 1. The first-order chi connectivity index (χ1) is 13.7. The zero-order valence-corrected chi connectivity index (χ0v) is 16.5. The Morgan fingerprint density at radius 2 is 1.61 bits per heavy atom. The molecule has 0 aliphatic carbocycles. The minimum atomic E-state index is 0.448. The SMILES string of the molecule is COc1ccc(C(=NOCCc2ccc(Cl)cc2)c2ccncc2)cc1OC. The number of aromatic nitrogens is 1. The summed E-state index contributed by atoms with van der Waals surface area (Å²) in [5.74, 6) is 1.28. The van der Waals surface area contributed by atoms with Crippen molar-refractivity contribution in [2.45, 2.75) is 6.42 Å². The molecule has 0 bridgehead atoms. The Morgan fingerprint density at radius 1 is 0.893 bits per heavy atom. The van der Waals surface area contributed by atoms with Gasteiger partial charge in [-0.1, -0.05) is 28.9 Å². The van der Waals surface area contributed by atoms with E-state index in [1.165, 1.54) is 0 Å². The van der Waals surface area contributed by atoms with Gasteiger partial charge in [-0.3, -0.25) is 4.98 Å². The van der Waals surface area contributed by atoms with E-state index < -0.39 is 0 Å². The molecule has 1 heterocycles. The van der Waals surface area contributed by atoms with E-state index in [2.05, 4.69) is 10.1 Å². The summed E-state index contributed by atoms with van der Waals surface area (Å²) in [7, 11) is 3.21. The number of hydrogen-bond donors (Lipinski definition) is 0. The lowest BCUT2D eigenvalue weighted by molar-refractivity contribution is 0.148. The first kappa shape index (κ1) is 19.7. The lowest BCUT2D eigenvalue weighted by atomic mass is 10.0. The standard InChI is InChI=1S/C22H21ClN2O3/c1-26-20-8-5-18(15-21(20)27-2)22(17-9-12-24-13-10-17)25-28-14-11-16-3-6-19(23)7-4-16/h3-10,12-13,15H,11,14H2,1-2H3. The second-order valence-corrected chi connectivity index (χ2v) is 6.39. The highest BCUT2D eigenvalue weighted by Crippen LogP contribution is 2.28. The van der Waals surface area contributed by atoms with E-state index in [9.17, 15) is 0 Å². The topological polar surface area (TPSA) is 52.9 Å². The van der Waals surface area contributed by atoms with Gasteiger partial charge in [0.05, 0.1) is 14.2 Å². The lowest BCUT2D eigenvalue weighted by Crippen LogP contribution is -2.06. The van der Waals surface area contributed by atoms with Crippen LogP contribution in [0.3, 0.4) is 0 Å². The van der Waals surface area contributed by atoms with Gasteiger partial charge in [0.25, 0.3) is 0 Å². The highest BCUT2D eigenvalue weighted by molar-refractivity contribution is 6.30. The molecule has 0 unspecified atom stereocenters. The second-order valence-electron chi connectivity index (χ2n) is 5.96. The third kappa shape index (κ3) is 5.02. The van der Waals surface area contributed by atoms with Crippen molar-refractivity contribution in [3.63, 3.8) is 0 Å². The minimum Gasteiger partial charge on any atom is -0.493 e. The number of oxime groups is 1. The molecule has 0 atom stereocenters. The summed E-state index contributed by atoms with van der Waals surface area (Å²) < 4.78 is 10.7. The molecule has 0 spiro atoms. The molecule has 144 valence electrons. The predicted octanol–water partition coefficient (Wildman–Crippen LogP) is 4.76. The van der Waals surface area contributed by atoms with E-state index in [1.807, 2.05) is 54.6 Å². The fourth-order valence-corrected chi connectivity index (χ4v) is 2.82. The molecule has 0 radical (unpaired) electrons. The smallest absolute Gasteiger partial charge is 0.161 e. The van der Waals surface area contributed by atoms with Crippen LogP contribution in [-0.4, -0.2) is 31.5 Å². The molecule has 0 aliphatic heterocycles. The zero-order valence-electron chi connectivity index (χ0n) is 15.8. The van der Waals surface area contributed by atoms with Crippen LogP contribution in [-0.2, 0) is 11.3 Å². The zero-order chi connectivity index (χ0) is 19.8. The molecular weight excluding hydrogens is 376 g/mol. The quantitative estimate of drug-likeness (QED) is 0.313. The largest absolute Gasteiger partial charge is 0.493 e. The number of methoxy groups -OCH3 is 2. The van der Waals surface area contributed by atoms with Crippen molar-refractivity contribution >= 4 is 17.3 Å². The third-order valence-electron chi connectivity index (χ3n) is 4.16. The van der Waals surface area contributed by atoms with Gasteiger partial charge in [-0.15, -0.1) is 0 Å². The number of rotatable bonds is 8. The van der Waals surface area contributed by atoms with Crippen molar-refractivity contribution < 1.29 is 14.3 Å². The van der Waals surface area contributed by atoms with Gasteiger partial charge in [0.2, 0.25) is 0 Å². The molecule has 0 saturated carbocycles. The molecule has 5 nitrogen and oxygen atoms in total.